The lowest BCUT2D eigenvalue weighted by Gasteiger charge is -2.14. The van der Waals surface area contributed by atoms with Gasteiger partial charge in [-0.25, -0.2) is 4.79 Å². The van der Waals surface area contributed by atoms with E-state index in [1.807, 2.05) is 0 Å². The van der Waals surface area contributed by atoms with E-state index in [0.717, 1.165) is 0 Å². The quantitative estimate of drug-likeness (QED) is 0.347. The number of halogens is 1. The Morgan fingerprint density at radius 2 is 2.03 bits per heavy atom. The van der Waals surface area contributed by atoms with Gasteiger partial charge in [0.25, 0.3) is 5.69 Å². The first kappa shape index (κ1) is 21.9. The lowest BCUT2D eigenvalue weighted by Crippen LogP contribution is -2.24. The molecule has 10 heteroatoms. The number of non-ortho nitro benzene ring substituents is 1. The molecule has 2 aromatic rings. The Labute approximate surface area is 174 Å². The lowest BCUT2D eigenvalue weighted by molar-refractivity contribution is -0.384. The molecule has 0 saturated carbocycles. The molecule has 1 amide bonds. The Hall–Kier alpha value is -3.40. The van der Waals surface area contributed by atoms with Gasteiger partial charge in [0.05, 0.1) is 16.5 Å². The molecule has 9 nitrogen and oxygen atoms in total. The highest BCUT2D eigenvalue weighted by Gasteiger charge is 2.15. The minimum atomic E-state index is -1.29. The molecular weight excluding hydrogens is 448 g/mol. The summed E-state index contributed by atoms with van der Waals surface area (Å²) in [5.74, 6) is -1.15. The van der Waals surface area contributed by atoms with Crippen LogP contribution in [0.4, 0.5) is 5.69 Å². The fraction of sp³-hybridized carbons (Fsp3) is 0.158. The molecule has 2 aromatic carbocycles. The monoisotopic (exact) mass is 464 g/mol. The minimum absolute atomic E-state index is 0.0446. The van der Waals surface area contributed by atoms with Crippen LogP contribution in [-0.2, 0) is 16.2 Å². The number of ether oxygens (including phenoxy) is 2. The number of nitrogens with zero attached hydrogens (tertiary/aromatic N) is 1. The number of nitro groups is 1. The second-order valence-electron chi connectivity index (χ2n) is 5.79. The van der Waals surface area contributed by atoms with Gasteiger partial charge in [-0.3, -0.25) is 14.9 Å². The van der Waals surface area contributed by atoms with Crippen molar-refractivity contribution in [2.75, 3.05) is 7.11 Å². The maximum atomic E-state index is 11.3. The molecule has 152 valence electrons. The van der Waals surface area contributed by atoms with Crippen LogP contribution < -0.4 is 14.8 Å². The van der Waals surface area contributed by atoms with Crippen molar-refractivity contribution in [3.8, 4) is 11.5 Å². The summed E-state index contributed by atoms with van der Waals surface area (Å²) in [4.78, 5) is 32.8. The SMILES string of the molecule is COc1cc(C=C(NC(C)=O)C(=O)O)cc(Br)c1OCc1cccc([N+](=O)[O-])c1. The van der Waals surface area contributed by atoms with Crippen LogP contribution in [0.2, 0.25) is 0 Å². The van der Waals surface area contributed by atoms with Crippen molar-refractivity contribution < 1.29 is 29.1 Å². The molecule has 0 saturated heterocycles. The van der Waals surface area contributed by atoms with Gasteiger partial charge in [0, 0.05) is 19.1 Å². The summed E-state index contributed by atoms with van der Waals surface area (Å²) in [5.41, 5.74) is 0.701. The molecule has 0 radical (unpaired) electrons. The smallest absolute Gasteiger partial charge is 0.352 e. The van der Waals surface area contributed by atoms with Crippen molar-refractivity contribution in [1.82, 2.24) is 5.32 Å². The number of carbonyl (C=O) groups excluding carboxylic acids is 1. The largest absolute Gasteiger partial charge is 0.493 e. The van der Waals surface area contributed by atoms with Crippen molar-refractivity contribution >= 4 is 39.6 Å². The van der Waals surface area contributed by atoms with E-state index >= 15 is 0 Å². The van der Waals surface area contributed by atoms with Gasteiger partial charge < -0.3 is 19.9 Å². The van der Waals surface area contributed by atoms with Gasteiger partial charge in [0.1, 0.15) is 12.3 Å². The number of nitro benzene ring substituents is 1. The zero-order chi connectivity index (χ0) is 21.6. The average Bonchev–Trinajstić information content (AvgIpc) is 2.66. The molecule has 0 bridgehead atoms. The lowest BCUT2D eigenvalue weighted by atomic mass is 10.1. The van der Waals surface area contributed by atoms with Crippen molar-refractivity contribution in [2.45, 2.75) is 13.5 Å². The molecule has 0 aliphatic heterocycles. The number of methoxy groups -OCH3 is 1. The van der Waals surface area contributed by atoms with Crippen LogP contribution in [0.15, 0.2) is 46.6 Å². The van der Waals surface area contributed by atoms with Gasteiger partial charge in [-0.15, -0.1) is 0 Å². The second kappa shape index (κ2) is 9.69. The van der Waals surface area contributed by atoms with Crippen LogP contribution in [0.25, 0.3) is 6.08 Å². The van der Waals surface area contributed by atoms with E-state index in [0.29, 0.717) is 27.1 Å². The van der Waals surface area contributed by atoms with Crippen molar-refractivity contribution in [3.63, 3.8) is 0 Å². The fourth-order valence-electron chi connectivity index (χ4n) is 2.39. The Bertz CT molecular complexity index is 989. The first-order valence-electron chi connectivity index (χ1n) is 8.17. The number of carboxylic acid groups (broad SMARTS) is 1. The molecule has 2 rings (SSSR count). The van der Waals surface area contributed by atoms with Crippen molar-refractivity contribution in [3.05, 3.63) is 67.8 Å². The number of rotatable bonds is 8. The third-order valence-corrected chi connectivity index (χ3v) is 4.20. The Kier molecular flexibility index (Phi) is 7.32. The van der Waals surface area contributed by atoms with Gasteiger partial charge in [-0.2, -0.15) is 0 Å². The zero-order valence-corrected chi connectivity index (χ0v) is 17.1. The van der Waals surface area contributed by atoms with E-state index in [9.17, 15) is 24.8 Å². The van der Waals surface area contributed by atoms with Gasteiger partial charge in [0.15, 0.2) is 11.5 Å². The van der Waals surface area contributed by atoms with Gasteiger partial charge in [0.2, 0.25) is 5.91 Å². The number of hydrogen-bond donors (Lipinski definition) is 2. The highest BCUT2D eigenvalue weighted by Crippen LogP contribution is 2.37. The van der Waals surface area contributed by atoms with Gasteiger partial charge >= 0.3 is 5.97 Å². The predicted molar refractivity (Wildman–Crippen MR) is 108 cm³/mol. The van der Waals surface area contributed by atoms with Gasteiger partial charge in [-0.1, -0.05) is 12.1 Å². The molecule has 0 heterocycles. The topological polar surface area (TPSA) is 128 Å². The zero-order valence-electron chi connectivity index (χ0n) is 15.5. The number of benzene rings is 2. The molecule has 0 atom stereocenters. The number of amides is 1. The van der Waals surface area contributed by atoms with E-state index in [1.165, 1.54) is 38.3 Å². The van der Waals surface area contributed by atoms with E-state index in [-0.39, 0.29) is 18.0 Å². The number of nitrogens with one attached hydrogen (secondary N) is 1. The first-order valence-corrected chi connectivity index (χ1v) is 8.96. The third-order valence-electron chi connectivity index (χ3n) is 3.61. The summed E-state index contributed by atoms with van der Waals surface area (Å²) < 4.78 is 11.5. The molecular formula is C19H17BrN2O7. The number of hydrogen-bond acceptors (Lipinski definition) is 6. The maximum Gasteiger partial charge on any atom is 0.352 e. The summed E-state index contributed by atoms with van der Waals surface area (Å²) in [6, 6.07) is 9.18. The summed E-state index contributed by atoms with van der Waals surface area (Å²) >= 11 is 3.35. The Morgan fingerprint density at radius 1 is 1.31 bits per heavy atom. The molecule has 0 aliphatic carbocycles. The molecule has 0 aliphatic rings. The van der Waals surface area contributed by atoms with Crippen LogP contribution in [0, 0.1) is 10.1 Å². The van der Waals surface area contributed by atoms with Crippen LogP contribution in [-0.4, -0.2) is 29.0 Å². The predicted octanol–water partition coefficient (Wildman–Crippen LogP) is 3.51. The highest BCUT2D eigenvalue weighted by molar-refractivity contribution is 9.10. The summed E-state index contributed by atoms with van der Waals surface area (Å²) in [5, 5.41) is 22.3. The van der Waals surface area contributed by atoms with Crippen LogP contribution in [0.5, 0.6) is 11.5 Å². The fourth-order valence-corrected chi connectivity index (χ4v) is 2.96. The number of carbonyl (C=O) groups is 2. The third kappa shape index (κ3) is 6.04. The summed E-state index contributed by atoms with van der Waals surface area (Å²) in [6.45, 7) is 1.26. The molecule has 0 fully saturated rings. The Morgan fingerprint density at radius 3 is 2.62 bits per heavy atom. The van der Waals surface area contributed by atoms with E-state index < -0.39 is 16.8 Å². The van der Waals surface area contributed by atoms with Crippen molar-refractivity contribution in [2.24, 2.45) is 0 Å². The van der Waals surface area contributed by atoms with E-state index in [4.69, 9.17) is 9.47 Å². The Balaban J connectivity index is 2.30. The maximum absolute atomic E-state index is 11.3. The normalized spacial score (nSPS) is 10.9. The molecule has 0 unspecified atom stereocenters. The number of carboxylic acids is 1. The molecule has 0 spiro atoms. The van der Waals surface area contributed by atoms with Crippen LogP contribution in [0.1, 0.15) is 18.1 Å². The average molecular weight is 465 g/mol. The molecule has 29 heavy (non-hydrogen) atoms. The van der Waals surface area contributed by atoms with Crippen molar-refractivity contribution in [1.29, 1.82) is 0 Å². The minimum Gasteiger partial charge on any atom is -0.493 e. The first-order chi connectivity index (χ1) is 13.7. The second-order valence-corrected chi connectivity index (χ2v) is 6.65. The van der Waals surface area contributed by atoms with Crippen LogP contribution >= 0.6 is 15.9 Å². The van der Waals surface area contributed by atoms with E-state index in [1.54, 1.807) is 18.2 Å². The summed E-state index contributed by atoms with van der Waals surface area (Å²) in [7, 11) is 1.42. The standard InChI is InChI=1S/C19H17BrN2O7/c1-11(23)21-16(19(24)25)8-13-7-15(20)18(17(9-13)28-2)29-10-12-4-3-5-14(6-12)22(26)27/h3-9H,10H2,1-2H3,(H,21,23)(H,24,25). The number of aliphatic carboxylic acids is 1. The van der Waals surface area contributed by atoms with E-state index in [2.05, 4.69) is 21.2 Å². The summed E-state index contributed by atoms with van der Waals surface area (Å²) in [6.07, 6.45) is 1.28. The highest BCUT2D eigenvalue weighted by atomic mass is 79.9. The molecule has 0 aromatic heterocycles. The van der Waals surface area contributed by atoms with Crippen LogP contribution in [0.3, 0.4) is 0 Å². The van der Waals surface area contributed by atoms with Gasteiger partial charge in [-0.05, 0) is 45.3 Å². The molecule has 2 N–H and O–H groups in total.